The largest absolute Gasteiger partial charge is 0.353 e. The van der Waals surface area contributed by atoms with Gasteiger partial charge in [0.05, 0.1) is 12.3 Å². The van der Waals surface area contributed by atoms with Crippen LogP contribution in [0.4, 0.5) is 4.39 Å². The van der Waals surface area contributed by atoms with Crippen LogP contribution in [0.25, 0.3) is 16.9 Å². The molecule has 0 radical (unpaired) electrons. The molecule has 1 fully saturated rings. The molecule has 1 amide bonds. The highest BCUT2D eigenvalue weighted by molar-refractivity contribution is 7.99. The van der Waals surface area contributed by atoms with Crippen LogP contribution in [0, 0.1) is 5.82 Å². The molecule has 10 nitrogen and oxygen atoms in total. The van der Waals surface area contributed by atoms with Crippen LogP contribution in [-0.2, 0) is 25.4 Å². The van der Waals surface area contributed by atoms with E-state index in [2.05, 4.69) is 15.5 Å². The summed E-state index contributed by atoms with van der Waals surface area (Å²) >= 11 is 1.20. The Labute approximate surface area is 203 Å². The second kappa shape index (κ2) is 9.33. The van der Waals surface area contributed by atoms with Crippen molar-refractivity contribution in [2.45, 2.75) is 49.8 Å². The van der Waals surface area contributed by atoms with Gasteiger partial charge in [-0.1, -0.05) is 43.2 Å². The Bertz CT molecular complexity index is 1530. The normalized spacial score (nSPS) is 14.7. The summed E-state index contributed by atoms with van der Waals surface area (Å²) in [6.07, 6.45) is 5.44. The van der Waals surface area contributed by atoms with Crippen LogP contribution in [0.15, 0.2) is 39.0 Å². The average Bonchev–Trinajstić information content (AvgIpc) is 3.41. The topological polar surface area (TPSA) is 108 Å². The molecule has 184 valence electrons. The number of nitrogens with zero attached hydrogens (tertiary/aromatic N) is 6. The van der Waals surface area contributed by atoms with Gasteiger partial charge in [0.15, 0.2) is 16.3 Å². The zero-order chi connectivity index (χ0) is 24.7. The van der Waals surface area contributed by atoms with E-state index >= 15 is 0 Å². The zero-order valence-electron chi connectivity index (χ0n) is 19.5. The summed E-state index contributed by atoms with van der Waals surface area (Å²) in [5.74, 6) is 0.0549. The van der Waals surface area contributed by atoms with Gasteiger partial charge in [-0.05, 0) is 30.5 Å². The van der Waals surface area contributed by atoms with E-state index < -0.39 is 11.2 Å². The molecule has 3 aromatic heterocycles. The predicted octanol–water partition coefficient (Wildman–Crippen LogP) is 1.81. The molecule has 0 saturated heterocycles. The molecule has 1 aliphatic carbocycles. The van der Waals surface area contributed by atoms with Crippen LogP contribution in [0.2, 0.25) is 0 Å². The molecule has 1 N–H and O–H groups in total. The van der Waals surface area contributed by atoms with Gasteiger partial charge in [-0.25, -0.2) is 13.6 Å². The molecule has 0 bridgehead atoms. The standard InChI is InChI=1S/C23H26FN7O3S/c1-28-19-18(20(33)29(2)23(28)34)30(12-14-8-10-15(24)11-9-14)21-26-27-22(31(19)21)35-13-17(32)25-16-6-4-3-5-7-16/h8-11,16H,3-7,12-13H2,1-2H3,(H,25,32). The van der Waals surface area contributed by atoms with Crippen molar-refractivity contribution in [3.63, 3.8) is 0 Å². The third kappa shape index (κ3) is 4.26. The number of nitrogens with one attached hydrogen (secondary N) is 1. The van der Waals surface area contributed by atoms with Crippen LogP contribution >= 0.6 is 11.8 Å². The molecule has 1 aliphatic rings. The molecular formula is C23H26FN7O3S. The van der Waals surface area contributed by atoms with E-state index in [4.69, 9.17) is 0 Å². The summed E-state index contributed by atoms with van der Waals surface area (Å²) in [7, 11) is 3.00. The summed E-state index contributed by atoms with van der Waals surface area (Å²) < 4.78 is 19.2. The molecule has 0 spiro atoms. The fraction of sp³-hybridized carbons (Fsp3) is 0.435. The summed E-state index contributed by atoms with van der Waals surface area (Å²) in [4.78, 5) is 38.5. The lowest BCUT2D eigenvalue weighted by Crippen LogP contribution is -2.38. The number of aryl methyl sites for hydroxylation is 1. The van der Waals surface area contributed by atoms with E-state index in [0.29, 0.717) is 16.6 Å². The minimum absolute atomic E-state index is 0.0847. The van der Waals surface area contributed by atoms with Gasteiger partial charge in [0, 0.05) is 20.1 Å². The maximum absolute atomic E-state index is 13.4. The van der Waals surface area contributed by atoms with E-state index in [-0.39, 0.29) is 35.6 Å². The molecule has 0 atom stereocenters. The van der Waals surface area contributed by atoms with Gasteiger partial charge in [-0.2, -0.15) is 0 Å². The summed E-state index contributed by atoms with van der Waals surface area (Å²) in [5.41, 5.74) is 0.420. The first-order valence-corrected chi connectivity index (χ1v) is 12.5. The maximum atomic E-state index is 13.4. The number of imidazole rings is 1. The number of hydrogen-bond donors (Lipinski definition) is 1. The molecule has 0 unspecified atom stereocenters. The lowest BCUT2D eigenvalue weighted by molar-refractivity contribution is -0.119. The van der Waals surface area contributed by atoms with Gasteiger partial charge in [-0.3, -0.25) is 23.3 Å². The number of amides is 1. The molecule has 4 aromatic rings. The lowest BCUT2D eigenvalue weighted by atomic mass is 9.95. The summed E-state index contributed by atoms with van der Waals surface area (Å²) in [6.45, 7) is 0.228. The fourth-order valence-corrected chi connectivity index (χ4v) is 5.43. The molecule has 0 aliphatic heterocycles. The number of fused-ring (bicyclic) bond motifs is 3. The highest BCUT2D eigenvalue weighted by Gasteiger charge is 2.24. The Morgan fingerprint density at radius 1 is 1.09 bits per heavy atom. The summed E-state index contributed by atoms with van der Waals surface area (Å²) in [6, 6.07) is 6.17. The minimum Gasteiger partial charge on any atom is -0.353 e. The molecule has 1 saturated carbocycles. The number of aromatic nitrogens is 6. The van der Waals surface area contributed by atoms with Crippen LogP contribution in [-0.4, -0.2) is 46.0 Å². The van der Waals surface area contributed by atoms with Crippen LogP contribution in [0.1, 0.15) is 37.7 Å². The minimum atomic E-state index is -0.483. The first-order chi connectivity index (χ1) is 16.8. The predicted molar refractivity (Wildman–Crippen MR) is 130 cm³/mol. The Morgan fingerprint density at radius 2 is 1.80 bits per heavy atom. The average molecular weight is 500 g/mol. The van der Waals surface area contributed by atoms with Gasteiger partial charge in [0.25, 0.3) is 5.56 Å². The molecule has 5 rings (SSSR count). The van der Waals surface area contributed by atoms with E-state index in [9.17, 15) is 18.8 Å². The van der Waals surface area contributed by atoms with Crippen molar-refractivity contribution < 1.29 is 9.18 Å². The molecule has 35 heavy (non-hydrogen) atoms. The van der Waals surface area contributed by atoms with Gasteiger partial charge >= 0.3 is 5.69 Å². The Hall–Kier alpha value is -3.41. The van der Waals surface area contributed by atoms with Crippen molar-refractivity contribution >= 4 is 34.6 Å². The first kappa shape index (κ1) is 23.3. The third-order valence-electron chi connectivity index (χ3n) is 6.51. The number of hydrogen-bond acceptors (Lipinski definition) is 6. The second-order valence-electron chi connectivity index (χ2n) is 8.90. The van der Waals surface area contributed by atoms with E-state index in [1.54, 1.807) is 28.1 Å². The Balaban J connectivity index is 1.55. The number of thioether (sulfide) groups is 1. The van der Waals surface area contributed by atoms with Crippen molar-refractivity contribution in [3.8, 4) is 0 Å². The van der Waals surface area contributed by atoms with E-state index in [1.165, 1.54) is 41.9 Å². The molecule has 1 aromatic carbocycles. The zero-order valence-corrected chi connectivity index (χ0v) is 20.3. The molecule has 3 heterocycles. The van der Waals surface area contributed by atoms with Gasteiger partial charge < -0.3 is 5.32 Å². The summed E-state index contributed by atoms with van der Waals surface area (Å²) in [5, 5.41) is 12.0. The number of benzene rings is 1. The van der Waals surface area contributed by atoms with Crippen molar-refractivity contribution in [1.29, 1.82) is 0 Å². The van der Waals surface area contributed by atoms with Gasteiger partial charge in [0.2, 0.25) is 11.7 Å². The highest BCUT2D eigenvalue weighted by atomic mass is 32.2. The lowest BCUT2D eigenvalue weighted by Gasteiger charge is -2.22. The fourth-order valence-electron chi connectivity index (χ4n) is 4.69. The van der Waals surface area contributed by atoms with Crippen molar-refractivity contribution in [2.75, 3.05) is 5.75 Å². The Kier molecular flexibility index (Phi) is 6.22. The monoisotopic (exact) mass is 499 g/mol. The van der Waals surface area contributed by atoms with Crippen LogP contribution < -0.4 is 16.6 Å². The number of halogens is 1. The first-order valence-electron chi connectivity index (χ1n) is 11.5. The van der Waals surface area contributed by atoms with Crippen LogP contribution in [0.5, 0.6) is 0 Å². The highest BCUT2D eigenvalue weighted by Crippen LogP contribution is 2.25. The van der Waals surface area contributed by atoms with Crippen molar-refractivity contribution in [1.82, 2.24) is 33.6 Å². The number of rotatable bonds is 6. The molecule has 12 heteroatoms. The van der Waals surface area contributed by atoms with E-state index in [1.807, 2.05) is 0 Å². The number of carbonyl (C=O) groups is 1. The third-order valence-corrected chi connectivity index (χ3v) is 7.44. The van der Waals surface area contributed by atoms with Crippen molar-refractivity contribution in [2.24, 2.45) is 14.1 Å². The molecular weight excluding hydrogens is 473 g/mol. The maximum Gasteiger partial charge on any atom is 0.332 e. The van der Waals surface area contributed by atoms with Gasteiger partial charge in [0.1, 0.15) is 5.82 Å². The van der Waals surface area contributed by atoms with Crippen molar-refractivity contribution in [3.05, 3.63) is 56.5 Å². The van der Waals surface area contributed by atoms with Gasteiger partial charge in [-0.15, -0.1) is 10.2 Å². The quantitative estimate of drug-likeness (QED) is 0.406. The SMILES string of the molecule is Cn1c(=O)c2c(n(C)c1=O)n1c(SCC(=O)NC3CCCCC3)nnc1n2Cc1ccc(F)cc1. The second-order valence-corrected chi connectivity index (χ2v) is 9.84. The Morgan fingerprint density at radius 3 is 2.51 bits per heavy atom. The number of carbonyl (C=O) groups excluding carboxylic acids is 1. The van der Waals surface area contributed by atoms with Crippen LogP contribution in [0.3, 0.4) is 0 Å². The smallest absolute Gasteiger partial charge is 0.332 e. The van der Waals surface area contributed by atoms with E-state index in [0.717, 1.165) is 35.8 Å².